The second-order valence-electron chi connectivity index (χ2n) is 7.28. The van der Waals surface area contributed by atoms with Crippen molar-refractivity contribution >= 4 is 18.0 Å². The Labute approximate surface area is 192 Å². The Morgan fingerprint density at radius 3 is 2.32 bits per heavy atom. The molecular weight excluding hydrogens is 456 g/mol. The maximum absolute atomic E-state index is 13.9. The summed E-state index contributed by atoms with van der Waals surface area (Å²) in [5.41, 5.74) is 0.667. The van der Waals surface area contributed by atoms with E-state index in [0.29, 0.717) is 5.56 Å². The van der Waals surface area contributed by atoms with E-state index in [9.17, 15) is 32.3 Å². The van der Waals surface area contributed by atoms with Crippen molar-refractivity contribution < 1.29 is 37.0 Å². The number of nitrogens with zero attached hydrogens (tertiary/aromatic N) is 2. The molecule has 3 rings (SSSR count). The summed E-state index contributed by atoms with van der Waals surface area (Å²) < 4.78 is 60.3. The quantitative estimate of drug-likeness (QED) is 0.289. The van der Waals surface area contributed by atoms with Crippen LogP contribution >= 0.6 is 0 Å². The summed E-state index contributed by atoms with van der Waals surface area (Å²) in [4.78, 5) is 26.9. The molecule has 1 atom stereocenters. The smallest absolute Gasteiger partial charge is 0.450 e. The van der Waals surface area contributed by atoms with Crippen molar-refractivity contribution in [1.82, 2.24) is 9.55 Å². The molecule has 34 heavy (non-hydrogen) atoms. The SMILES string of the molecule is COC(=O)CC(=O)CC(O)C=Cn1c(C(F)(F)F)nc(-c2ccccc2)c1-c1ccc(F)cc1. The number of aliphatic hydroxyl groups excluding tert-OH is 1. The molecule has 0 saturated heterocycles. The van der Waals surface area contributed by atoms with E-state index in [1.54, 1.807) is 30.3 Å². The first kappa shape index (κ1) is 24.8. The van der Waals surface area contributed by atoms with Crippen LogP contribution in [0.15, 0.2) is 60.7 Å². The molecule has 0 aliphatic carbocycles. The lowest BCUT2D eigenvalue weighted by Crippen LogP contribution is -2.16. The number of aliphatic hydroxyl groups is 1. The number of ether oxygens (including phenoxy) is 1. The van der Waals surface area contributed by atoms with Gasteiger partial charge in [-0.2, -0.15) is 13.2 Å². The molecule has 0 saturated carbocycles. The minimum Gasteiger partial charge on any atom is -0.469 e. The van der Waals surface area contributed by atoms with Gasteiger partial charge in [-0.25, -0.2) is 9.37 Å². The van der Waals surface area contributed by atoms with Gasteiger partial charge in [0.05, 0.1) is 24.6 Å². The van der Waals surface area contributed by atoms with Crippen LogP contribution in [0, 0.1) is 5.82 Å². The molecule has 2 aromatic carbocycles. The number of benzene rings is 2. The van der Waals surface area contributed by atoms with Crippen LogP contribution in [-0.4, -0.2) is 39.6 Å². The van der Waals surface area contributed by atoms with Crippen molar-refractivity contribution in [2.45, 2.75) is 25.1 Å². The highest BCUT2D eigenvalue weighted by atomic mass is 19.4. The van der Waals surface area contributed by atoms with Gasteiger partial charge in [0.25, 0.3) is 0 Å². The second kappa shape index (κ2) is 10.4. The van der Waals surface area contributed by atoms with Crippen molar-refractivity contribution in [1.29, 1.82) is 0 Å². The lowest BCUT2D eigenvalue weighted by atomic mass is 10.0. The van der Waals surface area contributed by atoms with E-state index in [1.165, 1.54) is 12.1 Å². The fourth-order valence-electron chi connectivity index (χ4n) is 3.25. The molecule has 0 aliphatic heterocycles. The van der Waals surface area contributed by atoms with Crippen LogP contribution in [0.3, 0.4) is 0 Å². The molecule has 0 radical (unpaired) electrons. The van der Waals surface area contributed by atoms with E-state index in [4.69, 9.17) is 0 Å². The van der Waals surface area contributed by atoms with Crippen molar-refractivity contribution in [2.75, 3.05) is 7.11 Å². The molecule has 6 nitrogen and oxygen atoms in total. The number of hydrogen-bond acceptors (Lipinski definition) is 5. The third-order valence-electron chi connectivity index (χ3n) is 4.79. The third kappa shape index (κ3) is 5.96. The van der Waals surface area contributed by atoms with Gasteiger partial charge in [0.1, 0.15) is 18.0 Å². The van der Waals surface area contributed by atoms with Crippen molar-refractivity contribution in [3.05, 3.63) is 72.3 Å². The van der Waals surface area contributed by atoms with Gasteiger partial charge in [-0.1, -0.05) is 30.3 Å². The highest BCUT2D eigenvalue weighted by molar-refractivity contribution is 5.95. The predicted molar refractivity (Wildman–Crippen MR) is 116 cm³/mol. The molecule has 0 bridgehead atoms. The molecule has 0 fully saturated rings. The summed E-state index contributed by atoms with van der Waals surface area (Å²) in [5.74, 6) is -3.27. The first-order valence-corrected chi connectivity index (χ1v) is 10.1. The second-order valence-corrected chi connectivity index (χ2v) is 7.28. The number of methoxy groups -OCH3 is 1. The van der Waals surface area contributed by atoms with Gasteiger partial charge in [-0.15, -0.1) is 0 Å². The summed E-state index contributed by atoms with van der Waals surface area (Å²) in [6, 6.07) is 13.0. The van der Waals surface area contributed by atoms with Gasteiger partial charge in [-0.3, -0.25) is 14.2 Å². The van der Waals surface area contributed by atoms with E-state index in [1.807, 2.05) is 0 Å². The summed E-state index contributed by atoms with van der Waals surface area (Å²) in [7, 11) is 1.10. The Bertz CT molecular complexity index is 1190. The van der Waals surface area contributed by atoms with E-state index in [-0.39, 0.29) is 17.0 Å². The van der Waals surface area contributed by atoms with E-state index >= 15 is 0 Å². The number of esters is 1. The standard InChI is InChI=1S/C24H20F4N2O4/c1-34-20(33)14-19(32)13-18(31)11-12-30-22(16-7-9-17(25)10-8-16)21(15-5-3-2-4-6-15)29-23(30)24(26,27)28/h2-12,18,31H,13-14H2,1H3. The zero-order chi connectivity index (χ0) is 24.9. The minimum absolute atomic E-state index is 0.000408. The lowest BCUT2D eigenvalue weighted by Gasteiger charge is -2.12. The lowest BCUT2D eigenvalue weighted by molar-refractivity contribution is -0.146. The molecule has 1 unspecified atom stereocenters. The molecule has 10 heteroatoms. The van der Waals surface area contributed by atoms with Crippen molar-refractivity contribution in [3.8, 4) is 22.5 Å². The van der Waals surface area contributed by atoms with Crippen LogP contribution in [0.25, 0.3) is 28.7 Å². The van der Waals surface area contributed by atoms with Crippen LogP contribution in [0.5, 0.6) is 0 Å². The highest BCUT2D eigenvalue weighted by Gasteiger charge is 2.39. The van der Waals surface area contributed by atoms with Crippen molar-refractivity contribution in [2.24, 2.45) is 0 Å². The van der Waals surface area contributed by atoms with Crippen LogP contribution in [-0.2, 0) is 20.5 Å². The largest absolute Gasteiger partial charge is 0.469 e. The average molecular weight is 476 g/mol. The number of rotatable bonds is 8. The van der Waals surface area contributed by atoms with Gasteiger partial charge in [0, 0.05) is 23.7 Å². The zero-order valence-corrected chi connectivity index (χ0v) is 17.9. The molecule has 3 aromatic rings. The number of imidazole rings is 1. The van der Waals surface area contributed by atoms with Crippen LogP contribution in [0.4, 0.5) is 17.6 Å². The Morgan fingerprint density at radius 1 is 1.09 bits per heavy atom. The van der Waals surface area contributed by atoms with Gasteiger partial charge in [-0.05, 0) is 30.3 Å². The molecule has 1 heterocycles. The maximum Gasteiger partial charge on any atom is 0.450 e. The van der Waals surface area contributed by atoms with Crippen LogP contribution < -0.4 is 0 Å². The number of carbonyl (C=O) groups excluding carboxylic acids is 2. The Balaban J connectivity index is 2.10. The third-order valence-corrected chi connectivity index (χ3v) is 4.79. The Kier molecular flexibility index (Phi) is 7.62. The first-order valence-electron chi connectivity index (χ1n) is 10.1. The fraction of sp³-hybridized carbons (Fsp3) is 0.208. The number of halogens is 4. The topological polar surface area (TPSA) is 81.4 Å². The normalized spacial score (nSPS) is 12.6. The van der Waals surface area contributed by atoms with Crippen LogP contribution in [0.2, 0.25) is 0 Å². The number of alkyl halides is 3. The predicted octanol–water partition coefficient (Wildman–Crippen LogP) is 4.73. The van der Waals surface area contributed by atoms with Gasteiger partial charge in [0.2, 0.25) is 5.82 Å². The fourth-order valence-corrected chi connectivity index (χ4v) is 3.25. The van der Waals surface area contributed by atoms with E-state index in [0.717, 1.165) is 36.1 Å². The highest BCUT2D eigenvalue weighted by Crippen LogP contribution is 2.39. The first-order chi connectivity index (χ1) is 16.1. The Morgan fingerprint density at radius 2 is 1.74 bits per heavy atom. The molecular formula is C24H20F4N2O4. The molecule has 0 aliphatic rings. The summed E-state index contributed by atoms with van der Waals surface area (Å²) in [6.07, 6.45) is -5.46. The zero-order valence-electron chi connectivity index (χ0n) is 17.9. The number of ketones is 1. The monoisotopic (exact) mass is 476 g/mol. The number of Topliss-reactive ketones (excluding diaryl/α,β-unsaturated/α-hetero) is 1. The minimum atomic E-state index is -4.86. The molecule has 1 aromatic heterocycles. The number of hydrogen-bond donors (Lipinski definition) is 1. The van der Waals surface area contributed by atoms with Gasteiger partial charge in [0.15, 0.2) is 0 Å². The van der Waals surface area contributed by atoms with E-state index in [2.05, 4.69) is 9.72 Å². The summed E-state index contributed by atoms with van der Waals surface area (Å²) >= 11 is 0. The number of carbonyl (C=O) groups is 2. The number of aromatic nitrogens is 2. The van der Waals surface area contributed by atoms with E-state index < -0.39 is 48.5 Å². The Hall–Kier alpha value is -3.79. The van der Waals surface area contributed by atoms with Crippen molar-refractivity contribution in [3.63, 3.8) is 0 Å². The summed E-state index contributed by atoms with van der Waals surface area (Å²) in [5, 5.41) is 10.2. The van der Waals surface area contributed by atoms with Gasteiger partial charge >= 0.3 is 12.1 Å². The molecule has 0 amide bonds. The maximum atomic E-state index is 13.9. The summed E-state index contributed by atoms with van der Waals surface area (Å²) in [6.45, 7) is 0. The van der Waals surface area contributed by atoms with Crippen LogP contribution in [0.1, 0.15) is 18.7 Å². The molecule has 1 N–H and O–H groups in total. The average Bonchev–Trinajstić information content (AvgIpc) is 3.18. The molecule has 0 spiro atoms. The van der Waals surface area contributed by atoms with Gasteiger partial charge < -0.3 is 9.84 Å². The molecule has 178 valence electrons.